The first kappa shape index (κ1) is 15.9. The van der Waals surface area contributed by atoms with E-state index in [0.717, 1.165) is 6.42 Å². The Hall–Kier alpha value is -1.10. The molecular weight excluding hydrogens is 224 g/mol. The van der Waals surface area contributed by atoms with Gasteiger partial charge in [-0.2, -0.15) is 0 Å². The van der Waals surface area contributed by atoms with Crippen LogP contribution in [-0.2, 0) is 19.1 Å². The van der Waals surface area contributed by atoms with Gasteiger partial charge >= 0.3 is 11.9 Å². The van der Waals surface area contributed by atoms with E-state index in [4.69, 9.17) is 14.6 Å². The van der Waals surface area contributed by atoms with Crippen molar-refractivity contribution in [3.63, 3.8) is 0 Å². The minimum absolute atomic E-state index is 0.00414. The van der Waals surface area contributed by atoms with Gasteiger partial charge in [-0.15, -0.1) is 0 Å². The summed E-state index contributed by atoms with van der Waals surface area (Å²) in [5.74, 6) is -0.535. The van der Waals surface area contributed by atoms with Gasteiger partial charge in [0.1, 0.15) is 6.10 Å². The number of carbonyl (C=O) groups is 2. The molecule has 0 amide bonds. The Morgan fingerprint density at radius 2 is 1.94 bits per heavy atom. The molecule has 0 aromatic heterocycles. The summed E-state index contributed by atoms with van der Waals surface area (Å²) >= 11 is 0. The lowest BCUT2D eigenvalue weighted by Crippen LogP contribution is -2.18. The van der Waals surface area contributed by atoms with E-state index in [2.05, 4.69) is 0 Å². The van der Waals surface area contributed by atoms with Crippen molar-refractivity contribution < 1.29 is 24.2 Å². The first-order valence-electron chi connectivity index (χ1n) is 6.03. The lowest BCUT2D eigenvalue weighted by Gasteiger charge is -2.15. The zero-order valence-electron chi connectivity index (χ0n) is 10.6. The Labute approximate surface area is 102 Å². The molecule has 0 aliphatic heterocycles. The predicted molar refractivity (Wildman–Crippen MR) is 62.4 cm³/mol. The van der Waals surface area contributed by atoms with Crippen molar-refractivity contribution in [2.75, 3.05) is 13.2 Å². The zero-order valence-corrected chi connectivity index (χ0v) is 10.6. The summed E-state index contributed by atoms with van der Waals surface area (Å²) in [4.78, 5) is 21.8. The number of ether oxygens (including phenoxy) is 2. The standard InChI is InChI=1S/C12H22O5/c1-3-16-12(15)7-5-4-6-11(8-9-13)17-10(2)14/h11,13H,3-9H2,1-2H3. The summed E-state index contributed by atoms with van der Waals surface area (Å²) in [5, 5.41) is 8.80. The van der Waals surface area contributed by atoms with Crippen LogP contribution in [-0.4, -0.2) is 36.4 Å². The van der Waals surface area contributed by atoms with Crippen LogP contribution in [0, 0.1) is 0 Å². The van der Waals surface area contributed by atoms with Crippen molar-refractivity contribution in [2.24, 2.45) is 0 Å². The van der Waals surface area contributed by atoms with Crippen LogP contribution >= 0.6 is 0 Å². The molecule has 5 nitrogen and oxygen atoms in total. The van der Waals surface area contributed by atoms with Crippen LogP contribution in [0.4, 0.5) is 0 Å². The molecule has 0 fully saturated rings. The normalized spacial score (nSPS) is 11.9. The number of carbonyl (C=O) groups excluding carboxylic acids is 2. The van der Waals surface area contributed by atoms with Gasteiger partial charge in [0, 0.05) is 26.4 Å². The number of rotatable bonds is 9. The van der Waals surface area contributed by atoms with Gasteiger partial charge in [-0.1, -0.05) is 0 Å². The van der Waals surface area contributed by atoms with Gasteiger partial charge < -0.3 is 14.6 Å². The van der Waals surface area contributed by atoms with Crippen molar-refractivity contribution in [3.05, 3.63) is 0 Å². The average Bonchev–Trinajstić information content (AvgIpc) is 2.24. The van der Waals surface area contributed by atoms with Gasteiger partial charge in [0.25, 0.3) is 0 Å². The van der Waals surface area contributed by atoms with E-state index < -0.39 is 0 Å². The second-order valence-electron chi connectivity index (χ2n) is 3.79. The lowest BCUT2D eigenvalue weighted by atomic mass is 10.1. The van der Waals surface area contributed by atoms with E-state index in [0.29, 0.717) is 32.3 Å². The first-order chi connectivity index (χ1) is 8.10. The molecule has 0 spiro atoms. The first-order valence-corrected chi connectivity index (χ1v) is 6.03. The van der Waals surface area contributed by atoms with Crippen molar-refractivity contribution in [1.82, 2.24) is 0 Å². The van der Waals surface area contributed by atoms with E-state index in [1.165, 1.54) is 6.92 Å². The van der Waals surface area contributed by atoms with Gasteiger partial charge in [-0.05, 0) is 26.2 Å². The summed E-state index contributed by atoms with van der Waals surface area (Å²) in [5.41, 5.74) is 0. The van der Waals surface area contributed by atoms with Crippen LogP contribution in [0.25, 0.3) is 0 Å². The molecule has 1 N–H and O–H groups in total. The molecule has 0 aromatic rings. The van der Waals surface area contributed by atoms with E-state index in [1.807, 2.05) is 0 Å². The summed E-state index contributed by atoms with van der Waals surface area (Å²) < 4.78 is 9.83. The number of esters is 2. The Kier molecular flexibility index (Phi) is 9.43. The highest BCUT2D eigenvalue weighted by Gasteiger charge is 2.11. The van der Waals surface area contributed by atoms with Crippen molar-refractivity contribution >= 4 is 11.9 Å². The maximum absolute atomic E-state index is 11.0. The van der Waals surface area contributed by atoms with Crippen molar-refractivity contribution in [2.45, 2.75) is 52.1 Å². The fourth-order valence-corrected chi connectivity index (χ4v) is 1.52. The van der Waals surface area contributed by atoms with Gasteiger partial charge in [-0.25, -0.2) is 0 Å². The molecule has 0 heterocycles. The summed E-state index contributed by atoms with van der Waals surface area (Å²) in [6.45, 7) is 3.52. The minimum Gasteiger partial charge on any atom is -0.466 e. The molecule has 1 unspecified atom stereocenters. The third kappa shape index (κ3) is 9.81. The SMILES string of the molecule is CCOC(=O)CCCCC(CCO)OC(C)=O. The van der Waals surface area contributed by atoms with E-state index in [1.54, 1.807) is 6.92 Å². The van der Waals surface area contributed by atoms with E-state index >= 15 is 0 Å². The fraction of sp³-hybridized carbons (Fsp3) is 0.833. The molecule has 0 bridgehead atoms. The molecule has 5 heteroatoms. The van der Waals surface area contributed by atoms with Gasteiger partial charge in [0.2, 0.25) is 0 Å². The maximum Gasteiger partial charge on any atom is 0.305 e. The molecule has 0 saturated carbocycles. The smallest absolute Gasteiger partial charge is 0.305 e. The van der Waals surface area contributed by atoms with Crippen LogP contribution in [0.5, 0.6) is 0 Å². The number of hydrogen-bond acceptors (Lipinski definition) is 5. The molecule has 0 aliphatic rings. The van der Waals surface area contributed by atoms with Gasteiger partial charge in [0.05, 0.1) is 6.61 Å². The lowest BCUT2D eigenvalue weighted by molar-refractivity contribution is -0.148. The molecule has 17 heavy (non-hydrogen) atoms. The minimum atomic E-state index is -0.339. The zero-order chi connectivity index (χ0) is 13.1. The van der Waals surface area contributed by atoms with Crippen LogP contribution < -0.4 is 0 Å². The van der Waals surface area contributed by atoms with Crippen LogP contribution in [0.15, 0.2) is 0 Å². The topological polar surface area (TPSA) is 72.8 Å². The Bertz CT molecular complexity index is 227. The quantitative estimate of drug-likeness (QED) is 0.492. The fourth-order valence-electron chi connectivity index (χ4n) is 1.52. The second-order valence-corrected chi connectivity index (χ2v) is 3.79. The van der Waals surface area contributed by atoms with Crippen LogP contribution in [0.1, 0.15) is 46.0 Å². The third-order valence-electron chi connectivity index (χ3n) is 2.25. The maximum atomic E-state index is 11.0. The molecule has 0 aromatic carbocycles. The number of hydrogen-bond donors (Lipinski definition) is 1. The van der Waals surface area contributed by atoms with Crippen LogP contribution in [0.3, 0.4) is 0 Å². The summed E-state index contributed by atoms with van der Waals surface area (Å²) in [6, 6.07) is 0. The monoisotopic (exact) mass is 246 g/mol. The van der Waals surface area contributed by atoms with Gasteiger partial charge in [0.15, 0.2) is 0 Å². The highest BCUT2D eigenvalue weighted by molar-refractivity contribution is 5.69. The molecule has 0 saturated heterocycles. The molecule has 0 aliphatic carbocycles. The second kappa shape index (κ2) is 10.1. The Morgan fingerprint density at radius 3 is 2.47 bits per heavy atom. The Morgan fingerprint density at radius 1 is 1.24 bits per heavy atom. The predicted octanol–water partition coefficient (Wildman–Crippen LogP) is 1.42. The van der Waals surface area contributed by atoms with Gasteiger partial charge in [-0.3, -0.25) is 9.59 Å². The number of aliphatic hydroxyl groups is 1. The largest absolute Gasteiger partial charge is 0.466 e. The molecule has 1 atom stereocenters. The molecule has 0 radical (unpaired) electrons. The Balaban J connectivity index is 3.66. The molecule has 100 valence electrons. The summed E-state index contributed by atoms with van der Waals surface area (Å²) in [6.07, 6.45) is 2.73. The molecular formula is C12H22O5. The van der Waals surface area contributed by atoms with E-state index in [-0.39, 0.29) is 24.6 Å². The summed E-state index contributed by atoms with van der Waals surface area (Å²) in [7, 11) is 0. The van der Waals surface area contributed by atoms with Crippen LogP contribution in [0.2, 0.25) is 0 Å². The molecule has 0 rings (SSSR count). The highest BCUT2D eigenvalue weighted by Crippen LogP contribution is 2.10. The highest BCUT2D eigenvalue weighted by atomic mass is 16.5. The third-order valence-corrected chi connectivity index (χ3v) is 2.25. The number of aliphatic hydroxyl groups excluding tert-OH is 1. The van der Waals surface area contributed by atoms with Crippen molar-refractivity contribution in [3.8, 4) is 0 Å². The number of unbranched alkanes of at least 4 members (excludes halogenated alkanes) is 1. The van der Waals surface area contributed by atoms with E-state index in [9.17, 15) is 9.59 Å². The average molecular weight is 246 g/mol. The van der Waals surface area contributed by atoms with Crippen molar-refractivity contribution in [1.29, 1.82) is 0 Å².